The van der Waals surface area contributed by atoms with Crippen molar-refractivity contribution < 1.29 is 30.5 Å². The van der Waals surface area contributed by atoms with E-state index in [0.717, 1.165) is 19.3 Å². The number of ether oxygens (including phenoxy) is 1. The van der Waals surface area contributed by atoms with E-state index < -0.39 is 27.8 Å². The highest BCUT2D eigenvalue weighted by molar-refractivity contribution is 7.87. The van der Waals surface area contributed by atoms with Crippen LogP contribution in [0.5, 0.6) is 0 Å². The number of alkyl halides is 3. The first kappa shape index (κ1) is 14.7. The molecule has 0 atom stereocenters. The van der Waals surface area contributed by atoms with Crippen LogP contribution >= 0.6 is 0 Å². The van der Waals surface area contributed by atoms with E-state index in [-0.39, 0.29) is 0 Å². The van der Waals surface area contributed by atoms with Crippen LogP contribution in [0.3, 0.4) is 0 Å². The maximum absolute atomic E-state index is 12.1. The van der Waals surface area contributed by atoms with Crippen LogP contribution in [-0.2, 0) is 19.0 Å². The summed E-state index contributed by atoms with van der Waals surface area (Å²) in [5.41, 5.74) is -6.28. The summed E-state index contributed by atoms with van der Waals surface area (Å²) in [4.78, 5) is 0. The zero-order valence-corrected chi connectivity index (χ0v) is 10.2. The third-order valence-corrected chi connectivity index (χ3v) is 3.95. The largest absolute Gasteiger partial charge is 0.523 e. The molecule has 0 radical (unpaired) electrons. The number of hydrogen-bond donors (Lipinski definition) is 0. The summed E-state index contributed by atoms with van der Waals surface area (Å²) in [5.74, 6) is 0. The van der Waals surface area contributed by atoms with Crippen molar-refractivity contribution in [1.29, 1.82) is 0 Å². The van der Waals surface area contributed by atoms with Crippen LogP contribution in [0, 0.1) is 0 Å². The summed E-state index contributed by atoms with van der Waals surface area (Å²) < 4.78 is 66.9. The Kier molecular flexibility index (Phi) is 4.43. The van der Waals surface area contributed by atoms with Crippen LogP contribution < -0.4 is 0 Å². The highest BCUT2D eigenvalue weighted by Crippen LogP contribution is 2.33. The molecule has 0 saturated heterocycles. The van der Waals surface area contributed by atoms with Gasteiger partial charge in [-0.05, 0) is 12.8 Å². The number of halogens is 3. The van der Waals surface area contributed by atoms with Gasteiger partial charge in [0.05, 0.1) is 12.2 Å². The van der Waals surface area contributed by atoms with E-state index >= 15 is 0 Å². The normalized spacial score (nSPS) is 21.4. The highest BCUT2D eigenvalue weighted by atomic mass is 32.2. The first-order chi connectivity index (χ1) is 7.72. The van der Waals surface area contributed by atoms with Crippen molar-refractivity contribution >= 4 is 10.1 Å². The molecule has 0 bridgehead atoms. The van der Waals surface area contributed by atoms with Crippen LogP contribution in [0.2, 0.25) is 0 Å². The van der Waals surface area contributed by atoms with E-state index in [0.29, 0.717) is 12.8 Å². The van der Waals surface area contributed by atoms with Gasteiger partial charge in [-0.25, -0.2) is 0 Å². The molecule has 17 heavy (non-hydrogen) atoms. The maximum atomic E-state index is 12.1. The van der Waals surface area contributed by atoms with E-state index in [2.05, 4.69) is 4.18 Å². The minimum absolute atomic E-state index is 0.511. The lowest BCUT2D eigenvalue weighted by molar-refractivity contribution is -0.0836. The Labute approximate surface area is 98.2 Å². The van der Waals surface area contributed by atoms with Gasteiger partial charge in [-0.2, -0.15) is 21.6 Å². The van der Waals surface area contributed by atoms with E-state index in [1.54, 1.807) is 0 Å². The molecule has 4 nitrogen and oxygen atoms in total. The minimum Gasteiger partial charge on any atom is -0.376 e. The van der Waals surface area contributed by atoms with Crippen LogP contribution in [0.25, 0.3) is 0 Å². The minimum atomic E-state index is -5.53. The van der Waals surface area contributed by atoms with Gasteiger partial charge in [-0.1, -0.05) is 19.3 Å². The number of rotatable bonds is 4. The monoisotopic (exact) mass is 276 g/mol. The quantitative estimate of drug-likeness (QED) is 0.583. The second-order valence-electron chi connectivity index (χ2n) is 4.11. The lowest BCUT2D eigenvalue weighted by Gasteiger charge is -2.35. The second-order valence-corrected chi connectivity index (χ2v) is 5.72. The molecule has 0 heterocycles. The molecule has 0 aliphatic heterocycles. The van der Waals surface area contributed by atoms with Crippen LogP contribution in [0.4, 0.5) is 13.2 Å². The summed E-state index contributed by atoms with van der Waals surface area (Å²) in [6.45, 7) is -0.578. The van der Waals surface area contributed by atoms with Crippen LogP contribution in [-0.4, -0.2) is 33.2 Å². The van der Waals surface area contributed by atoms with Crippen LogP contribution in [0.15, 0.2) is 0 Å². The third kappa shape index (κ3) is 3.56. The highest BCUT2D eigenvalue weighted by Gasteiger charge is 2.48. The molecular formula is C9H15F3O4S. The molecule has 1 saturated carbocycles. The SMILES string of the molecule is COC1(COS(=O)(=O)C(F)(F)F)CCCCC1. The smallest absolute Gasteiger partial charge is 0.376 e. The standard InChI is InChI=1S/C9H15F3O4S/c1-15-8(5-3-2-4-6-8)7-16-17(13,14)9(10,11)12/h2-7H2,1H3. The van der Waals surface area contributed by atoms with E-state index in [1.165, 1.54) is 7.11 Å². The fourth-order valence-electron chi connectivity index (χ4n) is 1.86. The maximum Gasteiger partial charge on any atom is 0.523 e. The lowest BCUT2D eigenvalue weighted by atomic mass is 9.85. The molecule has 8 heteroatoms. The number of methoxy groups -OCH3 is 1. The summed E-state index contributed by atoms with van der Waals surface area (Å²) >= 11 is 0. The van der Waals surface area contributed by atoms with E-state index in [4.69, 9.17) is 4.74 Å². The van der Waals surface area contributed by atoms with Gasteiger partial charge in [0.2, 0.25) is 0 Å². The predicted molar refractivity (Wildman–Crippen MR) is 53.8 cm³/mol. The zero-order valence-electron chi connectivity index (χ0n) is 9.42. The van der Waals surface area contributed by atoms with E-state index in [1.807, 2.05) is 0 Å². The van der Waals surface area contributed by atoms with Gasteiger partial charge in [0, 0.05) is 7.11 Å². The van der Waals surface area contributed by atoms with Crippen molar-refractivity contribution in [3.63, 3.8) is 0 Å². The van der Waals surface area contributed by atoms with Gasteiger partial charge in [0.25, 0.3) is 0 Å². The van der Waals surface area contributed by atoms with Crippen molar-refractivity contribution in [2.24, 2.45) is 0 Å². The molecule has 0 unspecified atom stereocenters. The van der Waals surface area contributed by atoms with Gasteiger partial charge in [0.15, 0.2) is 0 Å². The van der Waals surface area contributed by atoms with Gasteiger partial charge >= 0.3 is 15.6 Å². The molecule has 0 aromatic heterocycles. The molecule has 0 aromatic carbocycles. The average Bonchev–Trinajstić information content (AvgIpc) is 2.26. The van der Waals surface area contributed by atoms with Crippen molar-refractivity contribution in [2.45, 2.75) is 43.2 Å². The van der Waals surface area contributed by atoms with Crippen molar-refractivity contribution in [3.8, 4) is 0 Å². The molecule has 102 valence electrons. The Morgan fingerprint density at radius 1 is 1.18 bits per heavy atom. The first-order valence-electron chi connectivity index (χ1n) is 5.23. The summed E-state index contributed by atoms with van der Waals surface area (Å²) in [6.07, 6.45) is 3.58. The van der Waals surface area contributed by atoms with E-state index in [9.17, 15) is 21.6 Å². The molecule has 0 aromatic rings. The molecule has 0 N–H and O–H groups in total. The Balaban J connectivity index is 2.65. The molecular weight excluding hydrogens is 261 g/mol. The lowest BCUT2D eigenvalue weighted by Crippen LogP contribution is -2.41. The van der Waals surface area contributed by atoms with Crippen LogP contribution in [0.1, 0.15) is 32.1 Å². The Bertz CT molecular complexity index is 344. The van der Waals surface area contributed by atoms with Gasteiger partial charge in [-0.3, -0.25) is 4.18 Å². The van der Waals surface area contributed by atoms with Crippen molar-refractivity contribution in [3.05, 3.63) is 0 Å². The topological polar surface area (TPSA) is 52.6 Å². The summed E-state index contributed by atoms with van der Waals surface area (Å²) in [5, 5.41) is 0. The first-order valence-corrected chi connectivity index (χ1v) is 6.64. The number of hydrogen-bond acceptors (Lipinski definition) is 4. The third-order valence-electron chi connectivity index (χ3n) is 2.96. The Hall–Kier alpha value is -0.340. The summed E-state index contributed by atoms with van der Waals surface area (Å²) in [7, 11) is -4.17. The van der Waals surface area contributed by atoms with Gasteiger partial charge in [0.1, 0.15) is 0 Å². The fraction of sp³-hybridized carbons (Fsp3) is 1.00. The average molecular weight is 276 g/mol. The second kappa shape index (κ2) is 5.11. The van der Waals surface area contributed by atoms with Crippen molar-refractivity contribution in [2.75, 3.05) is 13.7 Å². The molecule has 0 amide bonds. The van der Waals surface area contributed by atoms with Crippen molar-refractivity contribution in [1.82, 2.24) is 0 Å². The molecule has 1 aliphatic carbocycles. The zero-order chi connectivity index (χ0) is 13.2. The predicted octanol–water partition coefficient (Wildman–Crippen LogP) is 2.20. The molecule has 1 fully saturated rings. The summed E-state index contributed by atoms with van der Waals surface area (Å²) in [6, 6.07) is 0. The van der Waals surface area contributed by atoms with Gasteiger partial charge < -0.3 is 4.74 Å². The molecule has 1 rings (SSSR count). The molecule has 0 spiro atoms. The Morgan fingerprint density at radius 3 is 2.12 bits per heavy atom. The van der Waals surface area contributed by atoms with Gasteiger partial charge in [-0.15, -0.1) is 0 Å². The molecule has 1 aliphatic rings. The fourth-order valence-corrected chi connectivity index (χ4v) is 2.36. The Morgan fingerprint density at radius 2 is 1.71 bits per heavy atom.